The predicted octanol–water partition coefficient (Wildman–Crippen LogP) is 1.99. The zero-order valence-corrected chi connectivity index (χ0v) is 10.9. The number of fused-ring (bicyclic) bond motifs is 1. The summed E-state index contributed by atoms with van der Waals surface area (Å²) in [5, 5.41) is 2.60. The first-order valence-electron chi connectivity index (χ1n) is 5.93. The molecule has 2 rings (SSSR count). The quantitative estimate of drug-likeness (QED) is 0.842. The van der Waals surface area contributed by atoms with E-state index in [9.17, 15) is 9.59 Å². The van der Waals surface area contributed by atoms with Gasteiger partial charge in [0, 0.05) is 18.8 Å². The molecule has 1 aromatic rings. The molecule has 0 unspecified atom stereocenters. The average Bonchev–Trinajstić information content (AvgIpc) is 2.45. The molecule has 0 aliphatic carbocycles. The van der Waals surface area contributed by atoms with Crippen LogP contribution in [-0.4, -0.2) is 37.9 Å². The van der Waals surface area contributed by atoms with E-state index in [0.29, 0.717) is 18.8 Å². The van der Waals surface area contributed by atoms with Crippen molar-refractivity contribution >= 4 is 17.9 Å². The third kappa shape index (κ3) is 2.96. The van der Waals surface area contributed by atoms with Crippen LogP contribution in [0.4, 0.5) is 15.3 Å². The van der Waals surface area contributed by atoms with Crippen molar-refractivity contribution < 1.29 is 19.1 Å². The molecule has 0 saturated heterocycles. The number of hydrogen-bond donors (Lipinski definition) is 1. The van der Waals surface area contributed by atoms with Gasteiger partial charge in [-0.15, -0.1) is 0 Å². The van der Waals surface area contributed by atoms with Crippen LogP contribution in [-0.2, 0) is 22.4 Å². The van der Waals surface area contributed by atoms with Crippen LogP contribution >= 0.6 is 0 Å². The average molecular weight is 264 g/mol. The fraction of sp³-hybridized carbons (Fsp3) is 0.385. The van der Waals surface area contributed by atoms with Crippen LogP contribution in [0.5, 0.6) is 0 Å². The molecule has 0 spiro atoms. The maximum atomic E-state index is 11.5. The van der Waals surface area contributed by atoms with Crippen LogP contribution in [0.3, 0.4) is 0 Å². The van der Waals surface area contributed by atoms with Crippen LogP contribution in [0.25, 0.3) is 0 Å². The molecule has 0 fully saturated rings. The van der Waals surface area contributed by atoms with Crippen molar-refractivity contribution in [2.75, 3.05) is 26.1 Å². The third-order valence-electron chi connectivity index (χ3n) is 3.08. The van der Waals surface area contributed by atoms with E-state index in [0.717, 1.165) is 12.0 Å². The van der Waals surface area contributed by atoms with E-state index in [2.05, 4.69) is 10.1 Å². The van der Waals surface area contributed by atoms with E-state index in [1.165, 1.54) is 19.8 Å². The Morgan fingerprint density at radius 3 is 2.68 bits per heavy atom. The Kier molecular flexibility index (Phi) is 3.89. The minimum atomic E-state index is -0.513. The van der Waals surface area contributed by atoms with Gasteiger partial charge in [-0.25, -0.2) is 9.59 Å². The molecular formula is C13H16N2O4. The standard InChI is InChI=1S/C13H16N2O4/c1-18-12(16)14-11-4-3-9-5-6-15(13(17)19-2)8-10(9)7-11/h3-4,7H,5-6,8H2,1-2H3,(H,14,16). The van der Waals surface area contributed by atoms with Gasteiger partial charge in [-0.1, -0.05) is 6.07 Å². The lowest BCUT2D eigenvalue weighted by Crippen LogP contribution is -2.35. The Morgan fingerprint density at radius 2 is 2.00 bits per heavy atom. The van der Waals surface area contributed by atoms with Gasteiger partial charge in [-0.2, -0.15) is 0 Å². The molecule has 0 saturated carbocycles. The number of carbonyl (C=O) groups is 2. The molecule has 102 valence electrons. The molecule has 1 aliphatic rings. The van der Waals surface area contributed by atoms with Gasteiger partial charge in [0.2, 0.25) is 0 Å². The van der Waals surface area contributed by atoms with Crippen molar-refractivity contribution in [3.63, 3.8) is 0 Å². The summed E-state index contributed by atoms with van der Waals surface area (Å²) in [5.41, 5.74) is 2.83. The fourth-order valence-electron chi connectivity index (χ4n) is 2.09. The molecule has 0 aromatic heterocycles. The molecule has 0 bridgehead atoms. The first-order valence-corrected chi connectivity index (χ1v) is 5.93. The van der Waals surface area contributed by atoms with Gasteiger partial charge in [-0.3, -0.25) is 5.32 Å². The molecule has 0 radical (unpaired) electrons. The minimum Gasteiger partial charge on any atom is -0.453 e. The second-order valence-electron chi connectivity index (χ2n) is 4.24. The van der Waals surface area contributed by atoms with Crippen molar-refractivity contribution in [1.82, 2.24) is 4.90 Å². The summed E-state index contributed by atoms with van der Waals surface area (Å²) in [7, 11) is 2.68. The molecule has 6 heteroatoms. The lowest BCUT2D eigenvalue weighted by Gasteiger charge is -2.27. The monoisotopic (exact) mass is 264 g/mol. The number of amides is 2. The summed E-state index contributed by atoms with van der Waals surface area (Å²) in [6, 6.07) is 5.63. The number of benzene rings is 1. The zero-order chi connectivity index (χ0) is 13.8. The van der Waals surface area contributed by atoms with Gasteiger partial charge in [0.15, 0.2) is 0 Å². The summed E-state index contributed by atoms with van der Waals surface area (Å²) in [6.45, 7) is 1.13. The van der Waals surface area contributed by atoms with Crippen molar-refractivity contribution in [2.45, 2.75) is 13.0 Å². The maximum Gasteiger partial charge on any atom is 0.411 e. The Morgan fingerprint density at radius 1 is 1.21 bits per heavy atom. The highest BCUT2D eigenvalue weighted by molar-refractivity contribution is 5.84. The Balaban J connectivity index is 2.15. The van der Waals surface area contributed by atoms with Crippen LogP contribution in [0.1, 0.15) is 11.1 Å². The van der Waals surface area contributed by atoms with Gasteiger partial charge < -0.3 is 14.4 Å². The van der Waals surface area contributed by atoms with E-state index in [4.69, 9.17) is 4.74 Å². The Hall–Kier alpha value is -2.24. The highest BCUT2D eigenvalue weighted by Gasteiger charge is 2.21. The highest BCUT2D eigenvalue weighted by atomic mass is 16.5. The lowest BCUT2D eigenvalue weighted by molar-refractivity contribution is 0.118. The number of nitrogens with zero attached hydrogens (tertiary/aromatic N) is 1. The Labute approximate surface area is 111 Å². The summed E-state index contributed by atoms with van der Waals surface area (Å²) in [4.78, 5) is 24.3. The first kappa shape index (κ1) is 13.2. The number of ether oxygens (including phenoxy) is 2. The highest BCUT2D eigenvalue weighted by Crippen LogP contribution is 2.23. The largest absolute Gasteiger partial charge is 0.453 e. The number of anilines is 1. The maximum absolute atomic E-state index is 11.5. The molecule has 1 N–H and O–H groups in total. The topological polar surface area (TPSA) is 67.9 Å². The van der Waals surface area contributed by atoms with E-state index in [-0.39, 0.29) is 6.09 Å². The molecule has 19 heavy (non-hydrogen) atoms. The van der Waals surface area contributed by atoms with Crippen molar-refractivity contribution in [1.29, 1.82) is 0 Å². The molecule has 2 amide bonds. The normalized spacial score (nSPS) is 13.5. The summed E-state index contributed by atoms with van der Waals surface area (Å²) >= 11 is 0. The third-order valence-corrected chi connectivity index (χ3v) is 3.08. The van der Waals surface area contributed by atoms with Gasteiger partial charge in [0.25, 0.3) is 0 Å². The molecule has 1 aromatic carbocycles. The predicted molar refractivity (Wildman–Crippen MR) is 69.0 cm³/mol. The number of rotatable bonds is 1. The number of methoxy groups -OCH3 is 2. The van der Waals surface area contributed by atoms with Crippen LogP contribution in [0, 0.1) is 0 Å². The van der Waals surface area contributed by atoms with Crippen molar-refractivity contribution in [3.8, 4) is 0 Å². The number of hydrogen-bond acceptors (Lipinski definition) is 4. The van der Waals surface area contributed by atoms with E-state index < -0.39 is 6.09 Å². The molecule has 0 atom stereocenters. The van der Waals surface area contributed by atoms with Crippen molar-refractivity contribution in [2.24, 2.45) is 0 Å². The second kappa shape index (κ2) is 5.60. The van der Waals surface area contributed by atoms with Gasteiger partial charge in [-0.05, 0) is 29.7 Å². The van der Waals surface area contributed by atoms with Crippen molar-refractivity contribution in [3.05, 3.63) is 29.3 Å². The van der Waals surface area contributed by atoms with E-state index >= 15 is 0 Å². The zero-order valence-electron chi connectivity index (χ0n) is 10.9. The van der Waals surface area contributed by atoms with Crippen LogP contribution in [0.15, 0.2) is 18.2 Å². The van der Waals surface area contributed by atoms with E-state index in [1.54, 1.807) is 4.90 Å². The second-order valence-corrected chi connectivity index (χ2v) is 4.24. The van der Waals surface area contributed by atoms with Crippen LogP contribution in [0.2, 0.25) is 0 Å². The minimum absolute atomic E-state index is 0.336. The van der Waals surface area contributed by atoms with E-state index in [1.807, 2.05) is 18.2 Å². The SMILES string of the molecule is COC(=O)Nc1ccc2c(c1)CN(C(=O)OC)CC2. The molecule has 1 heterocycles. The van der Waals surface area contributed by atoms with Crippen LogP contribution < -0.4 is 5.32 Å². The van der Waals surface area contributed by atoms with Gasteiger partial charge in [0.05, 0.1) is 14.2 Å². The fourth-order valence-corrected chi connectivity index (χ4v) is 2.09. The smallest absolute Gasteiger partial charge is 0.411 e. The number of carbonyl (C=O) groups excluding carboxylic acids is 2. The summed E-state index contributed by atoms with van der Waals surface area (Å²) in [6.07, 6.45) is -0.0688. The first-order chi connectivity index (χ1) is 9.13. The summed E-state index contributed by atoms with van der Waals surface area (Å²) < 4.78 is 9.25. The Bertz CT molecular complexity index is 501. The molecule has 6 nitrogen and oxygen atoms in total. The van der Waals surface area contributed by atoms with Gasteiger partial charge in [0.1, 0.15) is 0 Å². The van der Waals surface area contributed by atoms with Gasteiger partial charge >= 0.3 is 12.2 Å². The molecule has 1 aliphatic heterocycles. The number of nitrogens with one attached hydrogen (secondary N) is 1. The summed E-state index contributed by atoms with van der Waals surface area (Å²) in [5.74, 6) is 0. The lowest BCUT2D eigenvalue weighted by atomic mass is 9.99. The molecular weight excluding hydrogens is 248 g/mol.